The van der Waals surface area contributed by atoms with E-state index in [0.717, 1.165) is 47.6 Å². The first-order chi connectivity index (χ1) is 18.2. The average molecular weight is 511 g/mol. The number of aliphatic imine (C=N–C) groups is 1. The van der Waals surface area contributed by atoms with Crippen LogP contribution in [0.3, 0.4) is 0 Å². The topological polar surface area (TPSA) is 34.1 Å². The maximum absolute atomic E-state index is 5.38. The van der Waals surface area contributed by atoms with Crippen molar-refractivity contribution in [1.82, 2.24) is 4.90 Å². The number of hydrogen-bond donors (Lipinski definition) is 0. The molecule has 4 aromatic carbocycles. The third-order valence-corrected chi connectivity index (χ3v) is 7.22. The molecule has 0 amide bonds. The summed E-state index contributed by atoms with van der Waals surface area (Å²) in [5.74, 6) is 2.56. The summed E-state index contributed by atoms with van der Waals surface area (Å²) in [6, 6.07) is 35.6. The Morgan fingerprint density at radius 3 is 1.76 bits per heavy atom. The predicted molar refractivity (Wildman–Crippen MR) is 156 cm³/mol. The van der Waals surface area contributed by atoms with Crippen molar-refractivity contribution < 1.29 is 9.47 Å². The number of ether oxygens (including phenoxy) is 2. The zero-order valence-corrected chi connectivity index (χ0v) is 22.6. The summed E-state index contributed by atoms with van der Waals surface area (Å²) in [5.41, 5.74) is 5.94. The van der Waals surface area contributed by atoms with E-state index in [0.29, 0.717) is 0 Å². The van der Waals surface area contributed by atoms with Gasteiger partial charge in [-0.2, -0.15) is 0 Å². The molecular weight excluding hydrogens is 476 g/mol. The fraction of sp³-hybridized carbons (Fsp3) is 0.219. The van der Waals surface area contributed by atoms with Gasteiger partial charge < -0.3 is 14.4 Å². The molecule has 0 saturated heterocycles. The molecule has 37 heavy (non-hydrogen) atoms. The second-order valence-electron chi connectivity index (χ2n) is 8.70. The Hall–Kier alpha value is -3.70. The summed E-state index contributed by atoms with van der Waals surface area (Å²) < 4.78 is 10.8. The summed E-state index contributed by atoms with van der Waals surface area (Å²) in [6.45, 7) is 3.63. The van der Waals surface area contributed by atoms with Crippen molar-refractivity contribution in [3.63, 3.8) is 0 Å². The van der Waals surface area contributed by atoms with Gasteiger partial charge in [-0.1, -0.05) is 91.5 Å². The molecule has 0 aromatic heterocycles. The first-order valence-electron chi connectivity index (χ1n) is 12.5. The van der Waals surface area contributed by atoms with Gasteiger partial charge in [0.1, 0.15) is 11.5 Å². The number of methoxy groups -OCH3 is 2. The molecule has 0 aliphatic heterocycles. The lowest BCUT2D eigenvalue weighted by Crippen LogP contribution is -2.28. The number of aryl methyl sites for hydroxylation is 1. The van der Waals surface area contributed by atoms with Crippen LogP contribution in [0.1, 0.15) is 29.2 Å². The van der Waals surface area contributed by atoms with E-state index in [4.69, 9.17) is 14.5 Å². The zero-order valence-electron chi connectivity index (χ0n) is 21.8. The van der Waals surface area contributed by atoms with Gasteiger partial charge in [0, 0.05) is 18.8 Å². The highest BCUT2D eigenvalue weighted by Crippen LogP contribution is 2.27. The van der Waals surface area contributed by atoms with E-state index in [1.54, 1.807) is 26.0 Å². The molecule has 0 aliphatic carbocycles. The standard InChI is InChI=1S/C32H34N2O2S/c1-4-28-12-8-9-13-31(28)33-32(37-24-27-10-6-5-7-11-27)34(22-25-14-18-29(35-2)19-15-25)23-26-16-20-30(36-3)21-17-26/h5-21H,4,22-24H2,1-3H3. The molecule has 0 bridgehead atoms. The van der Waals surface area contributed by atoms with E-state index in [1.807, 2.05) is 24.3 Å². The van der Waals surface area contributed by atoms with Crippen LogP contribution in [0, 0.1) is 0 Å². The Labute approximate surface area is 225 Å². The van der Waals surface area contributed by atoms with Crippen LogP contribution in [0.15, 0.2) is 108 Å². The molecular formula is C32H34N2O2S. The molecule has 0 aliphatic rings. The lowest BCUT2D eigenvalue weighted by molar-refractivity contribution is 0.405. The predicted octanol–water partition coefficient (Wildman–Crippen LogP) is 7.89. The molecule has 0 atom stereocenters. The van der Waals surface area contributed by atoms with Crippen molar-refractivity contribution >= 4 is 22.6 Å². The number of para-hydroxylation sites is 1. The number of thioether (sulfide) groups is 1. The second kappa shape index (κ2) is 13.6. The first kappa shape index (κ1) is 26.4. The normalized spacial score (nSPS) is 11.3. The Morgan fingerprint density at radius 2 is 1.22 bits per heavy atom. The van der Waals surface area contributed by atoms with Gasteiger partial charge in [-0.05, 0) is 59.0 Å². The third-order valence-electron chi connectivity index (χ3n) is 6.13. The maximum atomic E-state index is 5.38. The van der Waals surface area contributed by atoms with Crippen molar-refractivity contribution in [3.05, 3.63) is 125 Å². The molecule has 0 N–H and O–H groups in total. The van der Waals surface area contributed by atoms with Gasteiger partial charge in [-0.3, -0.25) is 0 Å². The minimum absolute atomic E-state index is 0.727. The zero-order chi connectivity index (χ0) is 25.9. The molecule has 190 valence electrons. The summed E-state index contributed by atoms with van der Waals surface area (Å²) in [5, 5.41) is 0.997. The van der Waals surface area contributed by atoms with Crippen LogP contribution >= 0.6 is 11.8 Å². The van der Waals surface area contributed by atoms with Gasteiger partial charge in [-0.25, -0.2) is 4.99 Å². The molecule has 4 rings (SSSR count). The molecule has 0 saturated carbocycles. The highest BCUT2D eigenvalue weighted by molar-refractivity contribution is 8.13. The fourth-order valence-corrected chi connectivity index (χ4v) is 4.99. The SMILES string of the molecule is CCc1ccccc1N=C(SCc1ccccc1)N(Cc1ccc(OC)cc1)Cc1ccc(OC)cc1. The molecule has 0 spiro atoms. The van der Waals surface area contributed by atoms with E-state index < -0.39 is 0 Å². The lowest BCUT2D eigenvalue weighted by Gasteiger charge is -2.27. The van der Waals surface area contributed by atoms with Crippen LogP contribution in [0.5, 0.6) is 11.5 Å². The lowest BCUT2D eigenvalue weighted by atomic mass is 10.1. The van der Waals surface area contributed by atoms with Crippen molar-refractivity contribution in [2.24, 2.45) is 4.99 Å². The summed E-state index contributed by atoms with van der Waals surface area (Å²) in [4.78, 5) is 7.63. The average Bonchev–Trinajstić information content (AvgIpc) is 2.96. The Balaban J connectivity index is 1.71. The van der Waals surface area contributed by atoms with Gasteiger partial charge in [-0.15, -0.1) is 0 Å². The smallest absolute Gasteiger partial charge is 0.165 e. The van der Waals surface area contributed by atoms with Gasteiger partial charge >= 0.3 is 0 Å². The van der Waals surface area contributed by atoms with Gasteiger partial charge in [0.05, 0.1) is 19.9 Å². The maximum Gasteiger partial charge on any atom is 0.165 e. The largest absolute Gasteiger partial charge is 0.497 e. The molecule has 0 radical (unpaired) electrons. The van der Waals surface area contributed by atoms with E-state index in [2.05, 4.69) is 90.7 Å². The number of hydrogen-bond acceptors (Lipinski definition) is 4. The third kappa shape index (κ3) is 7.64. The van der Waals surface area contributed by atoms with E-state index in [1.165, 1.54) is 22.3 Å². The van der Waals surface area contributed by atoms with Crippen LogP contribution in [-0.4, -0.2) is 24.3 Å². The minimum atomic E-state index is 0.727. The van der Waals surface area contributed by atoms with Gasteiger partial charge in [0.15, 0.2) is 5.17 Å². The van der Waals surface area contributed by atoms with Crippen molar-refractivity contribution in [2.45, 2.75) is 32.2 Å². The molecule has 4 nitrogen and oxygen atoms in total. The number of rotatable bonds is 10. The van der Waals surface area contributed by atoms with Gasteiger partial charge in [0.2, 0.25) is 0 Å². The monoisotopic (exact) mass is 510 g/mol. The minimum Gasteiger partial charge on any atom is -0.497 e. The van der Waals surface area contributed by atoms with Crippen molar-refractivity contribution in [3.8, 4) is 11.5 Å². The van der Waals surface area contributed by atoms with Crippen LogP contribution in [-0.2, 0) is 25.3 Å². The molecule has 4 aromatic rings. The molecule has 0 unspecified atom stereocenters. The van der Waals surface area contributed by atoms with Crippen LogP contribution in [0.4, 0.5) is 5.69 Å². The fourth-order valence-electron chi connectivity index (χ4n) is 4.03. The first-order valence-corrected chi connectivity index (χ1v) is 13.5. The van der Waals surface area contributed by atoms with E-state index in [-0.39, 0.29) is 0 Å². The van der Waals surface area contributed by atoms with Crippen LogP contribution < -0.4 is 9.47 Å². The highest BCUT2D eigenvalue weighted by atomic mass is 32.2. The Morgan fingerprint density at radius 1 is 0.676 bits per heavy atom. The molecule has 0 fully saturated rings. The summed E-state index contributed by atoms with van der Waals surface area (Å²) >= 11 is 1.78. The quantitative estimate of drug-likeness (QED) is 0.160. The number of benzene rings is 4. The highest BCUT2D eigenvalue weighted by Gasteiger charge is 2.16. The number of amidine groups is 1. The summed E-state index contributed by atoms with van der Waals surface area (Å²) in [6.07, 6.45) is 0.938. The van der Waals surface area contributed by atoms with Gasteiger partial charge in [0.25, 0.3) is 0 Å². The van der Waals surface area contributed by atoms with Crippen LogP contribution in [0.25, 0.3) is 0 Å². The van der Waals surface area contributed by atoms with Crippen molar-refractivity contribution in [2.75, 3.05) is 14.2 Å². The molecule has 0 heterocycles. The Kier molecular flexibility index (Phi) is 9.67. The number of nitrogens with zero attached hydrogens (tertiary/aromatic N) is 2. The Bertz CT molecular complexity index is 1220. The van der Waals surface area contributed by atoms with E-state index >= 15 is 0 Å². The van der Waals surface area contributed by atoms with Crippen LogP contribution in [0.2, 0.25) is 0 Å². The van der Waals surface area contributed by atoms with Crippen molar-refractivity contribution in [1.29, 1.82) is 0 Å². The summed E-state index contributed by atoms with van der Waals surface area (Å²) in [7, 11) is 3.39. The van der Waals surface area contributed by atoms with E-state index in [9.17, 15) is 0 Å². The molecule has 5 heteroatoms. The second-order valence-corrected chi connectivity index (χ2v) is 9.65.